The van der Waals surface area contributed by atoms with Crippen LogP contribution in [0.5, 0.6) is 11.5 Å². The zero-order chi connectivity index (χ0) is 21.4. The molecular weight excluding hydrogens is 394 g/mol. The van der Waals surface area contributed by atoms with E-state index in [4.69, 9.17) is 25.8 Å². The monoisotopic (exact) mass is 423 g/mol. The van der Waals surface area contributed by atoms with Crippen LogP contribution in [0.3, 0.4) is 0 Å². The third-order valence-corrected chi connectivity index (χ3v) is 5.33. The van der Waals surface area contributed by atoms with E-state index in [2.05, 4.69) is 12.2 Å². The Labute approximate surface area is 177 Å². The molecule has 0 bridgehead atoms. The SMILES string of the molecule is CCOc1c(Cl)cc(/C=C/C(=O)O[C@H](C)C(=O)N[C@H]2CCCC[C@@H]2C)cc1OC. The summed E-state index contributed by atoms with van der Waals surface area (Å²) in [6.45, 7) is 6.02. The van der Waals surface area contributed by atoms with Gasteiger partial charge in [0.2, 0.25) is 0 Å². The Balaban J connectivity index is 1.94. The fraction of sp³-hybridized carbons (Fsp3) is 0.545. The minimum atomic E-state index is -0.861. The van der Waals surface area contributed by atoms with Gasteiger partial charge in [0.05, 0.1) is 18.7 Å². The lowest BCUT2D eigenvalue weighted by molar-refractivity contribution is -0.150. The van der Waals surface area contributed by atoms with Crippen molar-refractivity contribution < 1.29 is 23.8 Å². The molecule has 0 spiro atoms. The molecule has 0 aliphatic heterocycles. The van der Waals surface area contributed by atoms with Gasteiger partial charge in [-0.2, -0.15) is 0 Å². The lowest BCUT2D eigenvalue weighted by Gasteiger charge is -2.30. The van der Waals surface area contributed by atoms with Crippen LogP contribution in [0.2, 0.25) is 5.02 Å². The molecule has 1 saturated carbocycles. The Hall–Kier alpha value is -2.21. The molecule has 1 N–H and O–H groups in total. The summed E-state index contributed by atoms with van der Waals surface area (Å²) >= 11 is 6.23. The van der Waals surface area contributed by atoms with Crippen molar-refractivity contribution in [2.24, 2.45) is 5.92 Å². The van der Waals surface area contributed by atoms with E-state index < -0.39 is 12.1 Å². The second kappa shape index (κ2) is 11.1. The van der Waals surface area contributed by atoms with Crippen LogP contribution in [-0.4, -0.2) is 37.7 Å². The van der Waals surface area contributed by atoms with Crippen LogP contribution >= 0.6 is 11.6 Å². The Morgan fingerprint density at radius 1 is 1.31 bits per heavy atom. The van der Waals surface area contributed by atoms with Gasteiger partial charge in [0.25, 0.3) is 5.91 Å². The maximum atomic E-state index is 12.3. The van der Waals surface area contributed by atoms with Crippen molar-refractivity contribution in [1.82, 2.24) is 5.32 Å². The molecule has 1 aromatic rings. The second-order valence-corrected chi connectivity index (χ2v) is 7.66. The highest BCUT2D eigenvalue weighted by molar-refractivity contribution is 6.32. The van der Waals surface area contributed by atoms with E-state index in [1.54, 1.807) is 25.1 Å². The number of halogens is 1. The maximum absolute atomic E-state index is 12.3. The number of amides is 1. The van der Waals surface area contributed by atoms with E-state index in [1.807, 2.05) is 6.92 Å². The molecule has 7 heteroatoms. The summed E-state index contributed by atoms with van der Waals surface area (Å²) in [5.41, 5.74) is 0.653. The minimum Gasteiger partial charge on any atom is -0.493 e. The van der Waals surface area contributed by atoms with Crippen LogP contribution in [0, 0.1) is 5.92 Å². The van der Waals surface area contributed by atoms with Crippen molar-refractivity contribution in [3.8, 4) is 11.5 Å². The molecule has 0 radical (unpaired) electrons. The highest BCUT2D eigenvalue weighted by atomic mass is 35.5. The van der Waals surface area contributed by atoms with Gasteiger partial charge in [-0.1, -0.05) is 31.4 Å². The second-order valence-electron chi connectivity index (χ2n) is 7.26. The summed E-state index contributed by atoms with van der Waals surface area (Å²) in [6, 6.07) is 3.52. The number of methoxy groups -OCH3 is 1. The van der Waals surface area contributed by atoms with Gasteiger partial charge >= 0.3 is 5.97 Å². The van der Waals surface area contributed by atoms with Crippen LogP contribution in [0.4, 0.5) is 0 Å². The third kappa shape index (κ3) is 6.67. The van der Waals surface area contributed by atoms with Gasteiger partial charge in [-0.3, -0.25) is 4.79 Å². The summed E-state index contributed by atoms with van der Waals surface area (Å²) in [5, 5.41) is 3.38. The molecule has 6 nitrogen and oxygen atoms in total. The van der Waals surface area contributed by atoms with Gasteiger partial charge in [-0.25, -0.2) is 4.79 Å². The Bertz CT molecular complexity index is 749. The molecule has 0 aromatic heterocycles. The normalized spacial score (nSPS) is 20.2. The van der Waals surface area contributed by atoms with Crippen LogP contribution in [0.15, 0.2) is 18.2 Å². The van der Waals surface area contributed by atoms with E-state index in [-0.39, 0.29) is 11.9 Å². The first-order valence-corrected chi connectivity index (χ1v) is 10.4. The minimum absolute atomic E-state index is 0.145. The lowest BCUT2D eigenvalue weighted by atomic mass is 9.86. The summed E-state index contributed by atoms with van der Waals surface area (Å²) in [6.07, 6.45) is 6.34. The number of ether oxygens (including phenoxy) is 3. The van der Waals surface area contributed by atoms with E-state index in [1.165, 1.54) is 19.6 Å². The molecular formula is C22H30ClNO5. The first-order chi connectivity index (χ1) is 13.8. The average Bonchev–Trinajstić information content (AvgIpc) is 2.69. The number of carbonyl (C=O) groups is 2. The fourth-order valence-electron chi connectivity index (χ4n) is 3.38. The van der Waals surface area contributed by atoms with Crippen molar-refractivity contribution >= 4 is 29.6 Å². The first kappa shape index (κ1) is 23.1. The van der Waals surface area contributed by atoms with Gasteiger partial charge in [0.15, 0.2) is 17.6 Å². The summed E-state index contributed by atoms with van der Waals surface area (Å²) < 4.78 is 16.0. The standard InChI is InChI=1S/C22H30ClNO5/c1-5-28-21-17(23)12-16(13-19(21)27-4)10-11-20(25)29-15(3)22(26)24-18-9-7-6-8-14(18)2/h10-15,18H,5-9H2,1-4H3,(H,24,26)/b11-10+/t14-,15+,18-/m0/s1. The molecule has 1 aromatic carbocycles. The third-order valence-electron chi connectivity index (χ3n) is 5.05. The molecule has 29 heavy (non-hydrogen) atoms. The quantitative estimate of drug-likeness (QED) is 0.496. The van der Waals surface area contributed by atoms with E-state index in [9.17, 15) is 9.59 Å². The predicted octanol–water partition coefficient (Wildman–Crippen LogP) is 4.39. The fourth-order valence-corrected chi connectivity index (χ4v) is 3.66. The maximum Gasteiger partial charge on any atom is 0.331 e. The Morgan fingerprint density at radius 2 is 2.03 bits per heavy atom. The zero-order valence-corrected chi connectivity index (χ0v) is 18.3. The highest BCUT2D eigenvalue weighted by Gasteiger charge is 2.26. The van der Waals surface area contributed by atoms with Gasteiger partial charge in [0.1, 0.15) is 0 Å². The van der Waals surface area contributed by atoms with Crippen molar-refractivity contribution in [2.75, 3.05) is 13.7 Å². The van der Waals surface area contributed by atoms with Crippen LogP contribution in [-0.2, 0) is 14.3 Å². The topological polar surface area (TPSA) is 73.9 Å². The smallest absolute Gasteiger partial charge is 0.331 e. The van der Waals surface area contributed by atoms with Crippen LogP contribution in [0.25, 0.3) is 6.08 Å². The molecule has 2 rings (SSSR count). The number of rotatable bonds is 8. The van der Waals surface area contributed by atoms with Crippen LogP contribution < -0.4 is 14.8 Å². The molecule has 0 unspecified atom stereocenters. The molecule has 3 atom stereocenters. The Morgan fingerprint density at radius 3 is 2.69 bits per heavy atom. The number of carbonyl (C=O) groups excluding carboxylic acids is 2. The van der Waals surface area contributed by atoms with Gasteiger partial charge < -0.3 is 19.5 Å². The van der Waals surface area contributed by atoms with Gasteiger partial charge in [-0.15, -0.1) is 0 Å². The van der Waals surface area contributed by atoms with Gasteiger partial charge in [0, 0.05) is 12.1 Å². The first-order valence-electron chi connectivity index (χ1n) is 10.0. The number of hydrogen-bond donors (Lipinski definition) is 1. The number of benzene rings is 1. The molecule has 0 saturated heterocycles. The van der Waals surface area contributed by atoms with E-state index in [0.717, 1.165) is 19.3 Å². The number of nitrogens with one attached hydrogen (secondary N) is 1. The predicted molar refractivity (Wildman–Crippen MR) is 113 cm³/mol. The van der Waals surface area contributed by atoms with Crippen molar-refractivity contribution in [2.45, 2.75) is 58.6 Å². The molecule has 1 aliphatic rings. The molecule has 160 valence electrons. The van der Waals surface area contributed by atoms with Crippen LogP contribution in [0.1, 0.15) is 52.0 Å². The average molecular weight is 424 g/mol. The van der Waals surface area contributed by atoms with Crippen molar-refractivity contribution in [3.05, 3.63) is 28.8 Å². The largest absolute Gasteiger partial charge is 0.493 e. The van der Waals surface area contributed by atoms with Crippen molar-refractivity contribution in [1.29, 1.82) is 0 Å². The van der Waals surface area contributed by atoms with Crippen molar-refractivity contribution in [3.63, 3.8) is 0 Å². The van der Waals surface area contributed by atoms with E-state index in [0.29, 0.717) is 34.6 Å². The Kier molecular flexibility index (Phi) is 8.83. The summed E-state index contributed by atoms with van der Waals surface area (Å²) in [7, 11) is 1.52. The van der Waals surface area contributed by atoms with E-state index >= 15 is 0 Å². The molecule has 1 fully saturated rings. The number of hydrogen-bond acceptors (Lipinski definition) is 5. The zero-order valence-electron chi connectivity index (χ0n) is 17.5. The highest BCUT2D eigenvalue weighted by Crippen LogP contribution is 2.36. The summed E-state index contributed by atoms with van der Waals surface area (Å²) in [5.74, 6) is 0.500. The number of esters is 1. The summed E-state index contributed by atoms with van der Waals surface area (Å²) in [4.78, 5) is 24.5. The molecule has 1 amide bonds. The lowest BCUT2D eigenvalue weighted by Crippen LogP contribution is -2.45. The molecule has 1 aliphatic carbocycles. The molecule has 0 heterocycles. The van der Waals surface area contributed by atoms with Gasteiger partial charge in [-0.05, 0) is 56.4 Å².